The molecule has 154 valence electrons. The Labute approximate surface area is 167 Å². The lowest BCUT2D eigenvalue weighted by Crippen LogP contribution is -2.61. The van der Waals surface area contributed by atoms with E-state index in [4.69, 9.17) is 9.47 Å². The molecule has 0 aliphatic carbocycles. The SMILES string of the molecule is C=CCC1OC([C@@H](O)C=C[Si](C)(C)C)C(O)C(O)C1OC(=O)c1ccccc1. The van der Waals surface area contributed by atoms with Crippen LogP contribution < -0.4 is 0 Å². The first kappa shape index (κ1) is 22.5. The fourth-order valence-electron chi connectivity index (χ4n) is 3.01. The minimum atomic E-state index is -1.55. The van der Waals surface area contributed by atoms with E-state index in [2.05, 4.69) is 26.2 Å². The number of ether oxygens (including phenoxy) is 2. The number of hydrogen-bond donors (Lipinski definition) is 3. The highest BCUT2D eigenvalue weighted by Crippen LogP contribution is 2.29. The molecule has 1 aromatic carbocycles. The van der Waals surface area contributed by atoms with Crippen molar-refractivity contribution in [3.8, 4) is 0 Å². The molecule has 0 aromatic heterocycles. The molecule has 6 atom stereocenters. The Morgan fingerprint density at radius 2 is 1.89 bits per heavy atom. The smallest absolute Gasteiger partial charge is 0.338 e. The van der Waals surface area contributed by atoms with Crippen LogP contribution in [0.25, 0.3) is 0 Å². The van der Waals surface area contributed by atoms with E-state index < -0.39 is 50.7 Å². The summed E-state index contributed by atoms with van der Waals surface area (Å²) in [7, 11) is -1.55. The number of hydrogen-bond acceptors (Lipinski definition) is 6. The summed E-state index contributed by atoms with van der Waals surface area (Å²) in [6.45, 7) is 10.0. The molecule has 2 rings (SSSR count). The lowest BCUT2D eigenvalue weighted by Gasteiger charge is -2.43. The zero-order valence-corrected chi connectivity index (χ0v) is 17.6. The summed E-state index contributed by atoms with van der Waals surface area (Å²) in [5, 5.41) is 31.6. The average Bonchev–Trinajstić information content (AvgIpc) is 2.65. The number of carbonyl (C=O) groups excluding carboxylic acids is 1. The maximum atomic E-state index is 12.4. The summed E-state index contributed by atoms with van der Waals surface area (Å²) in [6, 6.07) is 8.39. The predicted octanol–water partition coefficient (Wildman–Crippen LogP) is 2.07. The Hall–Kier alpha value is -1.77. The van der Waals surface area contributed by atoms with Gasteiger partial charge in [0.15, 0.2) is 6.10 Å². The van der Waals surface area contributed by atoms with Gasteiger partial charge in [-0.05, 0) is 18.6 Å². The normalized spacial score (nSPS) is 29.4. The highest BCUT2D eigenvalue weighted by molar-refractivity contribution is 6.80. The number of aliphatic hydroxyl groups is 3. The van der Waals surface area contributed by atoms with Gasteiger partial charge >= 0.3 is 5.97 Å². The molecule has 1 heterocycles. The van der Waals surface area contributed by atoms with E-state index >= 15 is 0 Å². The molecule has 0 amide bonds. The topological polar surface area (TPSA) is 96.2 Å². The molecule has 28 heavy (non-hydrogen) atoms. The third-order valence-corrected chi connectivity index (χ3v) is 5.70. The first-order valence-electron chi connectivity index (χ1n) is 9.40. The van der Waals surface area contributed by atoms with Gasteiger partial charge in [0.05, 0.1) is 13.6 Å². The largest absolute Gasteiger partial charge is 0.453 e. The molecule has 1 saturated heterocycles. The van der Waals surface area contributed by atoms with Crippen LogP contribution in [0, 0.1) is 0 Å². The number of aliphatic hydroxyl groups excluding tert-OH is 3. The molecule has 1 aliphatic heterocycles. The number of benzene rings is 1. The van der Waals surface area contributed by atoms with Crippen molar-refractivity contribution in [2.24, 2.45) is 0 Å². The second-order valence-electron chi connectivity index (χ2n) is 8.10. The minimum absolute atomic E-state index is 0.289. The molecule has 1 fully saturated rings. The van der Waals surface area contributed by atoms with Crippen LogP contribution in [0.2, 0.25) is 19.6 Å². The van der Waals surface area contributed by atoms with Gasteiger partial charge in [0.1, 0.15) is 30.5 Å². The molecule has 0 spiro atoms. The second kappa shape index (κ2) is 9.62. The summed E-state index contributed by atoms with van der Waals surface area (Å²) in [4.78, 5) is 12.4. The lowest BCUT2D eigenvalue weighted by molar-refractivity contribution is -0.236. The van der Waals surface area contributed by atoms with Crippen molar-refractivity contribution in [1.82, 2.24) is 0 Å². The molecular formula is C21H30O6Si. The van der Waals surface area contributed by atoms with Gasteiger partial charge in [-0.2, -0.15) is 0 Å². The van der Waals surface area contributed by atoms with Crippen LogP contribution in [0.3, 0.4) is 0 Å². The van der Waals surface area contributed by atoms with E-state index in [0.717, 1.165) is 0 Å². The van der Waals surface area contributed by atoms with Gasteiger partial charge in [0, 0.05) is 0 Å². The van der Waals surface area contributed by atoms with E-state index in [1.54, 1.807) is 42.5 Å². The summed E-state index contributed by atoms with van der Waals surface area (Å²) >= 11 is 0. The first-order chi connectivity index (χ1) is 13.1. The van der Waals surface area contributed by atoms with Crippen LogP contribution in [0.5, 0.6) is 0 Å². The van der Waals surface area contributed by atoms with Gasteiger partial charge in [0.2, 0.25) is 0 Å². The van der Waals surface area contributed by atoms with Gasteiger partial charge < -0.3 is 24.8 Å². The molecule has 1 aliphatic rings. The summed E-state index contributed by atoms with van der Waals surface area (Å²) < 4.78 is 11.3. The molecule has 6 nitrogen and oxygen atoms in total. The van der Waals surface area contributed by atoms with Gasteiger partial charge in [-0.25, -0.2) is 4.79 Å². The second-order valence-corrected chi connectivity index (χ2v) is 13.2. The molecule has 0 radical (unpaired) electrons. The van der Waals surface area contributed by atoms with E-state index in [9.17, 15) is 20.1 Å². The fourth-order valence-corrected chi connectivity index (χ4v) is 3.79. The number of rotatable bonds is 7. The van der Waals surface area contributed by atoms with Crippen LogP contribution in [0.15, 0.2) is 54.8 Å². The van der Waals surface area contributed by atoms with E-state index in [1.807, 2.05) is 5.70 Å². The van der Waals surface area contributed by atoms with Crippen LogP contribution in [-0.4, -0.2) is 66.0 Å². The Bertz CT molecular complexity index is 684. The average molecular weight is 407 g/mol. The van der Waals surface area contributed by atoms with Gasteiger partial charge in [-0.3, -0.25) is 0 Å². The summed E-state index contributed by atoms with van der Waals surface area (Å²) in [5.41, 5.74) is 2.28. The molecule has 0 bridgehead atoms. The van der Waals surface area contributed by atoms with Gasteiger partial charge in [0.25, 0.3) is 0 Å². The van der Waals surface area contributed by atoms with Crippen molar-refractivity contribution in [1.29, 1.82) is 0 Å². The van der Waals surface area contributed by atoms with Gasteiger partial charge in [-0.15, -0.1) is 6.58 Å². The van der Waals surface area contributed by atoms with Crippen LogP contribution >= 0.6 is 0 Å². The van der Waals surface area contributed by atoms with Crippen molar-refractivity contribution in [3.05, 3.63) is 60.3 Å². The van der Waals surface area contributed by atoms with E-state index in [1.165, 1.54) is 0 Å². The van der Waals surface area contributed by atoms with Crippen molar-refractivity contribution < 1.29 is 29.6 Å². The Morgan fingerprint density at radius 3 is 2.46 bits per heavy atom. The molecule has 3 N–H and O–H groups in total. The maximum Gasteiger partial charge on any atom is 0.338 e. The summed E-state index contributed by atoms with van der Waals surface area (Å²) in [5.74, 6) is -0.618. The summed E-state index contributed by atoms with van der Waals surface area (Å²) in [6.07, 6.45) is -3.25. The monoisotopic (exact) mass is 406 g/mol. The fraction of sp³-hybridized carbons (Fsp3) is 0.476. The third-order valence-electron chi connectivity index (χ3n) is 4.50. The molecule has 5 unspecified atom stereocenters. The van der Waals surface area contributed by atoms with Gasteiger partial charge in [-0.1, -0.05) is 55.7 Å². The zero-order chi connectivity index (χ0) is 20.9. The van der Waals surface area contributed by atoms with Crippen LogP contribution in [0.1, 0.15) is 16.8 Å². The third kappa shape index (κ3) is 5.86. The Morgan fingerprint density at radius 1 is 1.25 bits per heavy atom. The van der Waals surface area contributed by atoms with Crippen LogP contribution in [0.4, 0.5) is 0 Å². The van der Waals surface area contributed by atoms with Crippen molar-refractivity contribution in [2.75, 3.05) is 0 Å². The standard InChI is InChI=1S/C21H30O6Si/c1-5-9-16-20(27-21(25)14-10-7-6-8-11-14)18(24)17(23)19(26-16)15(22)12-13-28(2,3)4/h5-8,10-13,15-20,22-24H,1,9H2,2-4H3/t15-,16?,17?,18?,19?,20?/m0/s1. The zero-order valence-electron chi connectivity index (χ0n) is 16.6. The van der Waals surface area contributed by atoms with Crippen molar-refractivity contribution >= 4 is 14.0 Å². The Kier molecular flexibility index (Phi) is 7.74. The maximum absolute atomic E-state index is 12.4. The minimum Gasteiger partial charge on any atom is -0.453 e. The number of esters is 1. The molecule has 7 heteroatoms. The number of carbonyl (C=O) groups is 1. The highest BCUT2D eigenvalue weighted by atomic mass is 28.3. The quantitative estimate of drug-likeness (QED) is 0.364. The highest BCUT2D eigenvalue weighted by Gasteiger charge is 2.48. The van der Waals surface area contributed by atoms with Crippen LogP contribution in [-0.2, 0) is 9.47 Å². The predicted molar refractivity (Wildman–Crippen MR) is 110 cm³/mol. The Balaban J connectivity index is 2.17. The van der Waals surface area contributed by atoms with E-state index in [0.29, 0.717) is 5.56 Å². The van der Waals surface area contributed by atoms with E-state index in [-0.39, 0.29) is 6.42 Å². The van der Waals surface area contributed by atoms with Crippen molar-refractivity contribution in [2.45, 2.75) is 62.7 Å². The molecular weight excluding hydrogens is 376 g/mol. The first-order valence-corrected chi connectivity index (χ1v) is 13.0. The van der Waals surface area contributed by atoms with Crippen molar-refractivity contribution in [3.63, 3.8) is 0 Å². The molecule has 1 aromatic rings. The molecule has 0 saturated carbocycles. The lowest BCUT2D eigenvalue weighted by atomic mass is 9.90.